The van der Waals surface area contributed by atoms with Crippen molar-refractivity contribution in [2.45, 2.75) is 65.5 Å². The van der Waals surface area contributed by atoms with Gasteiger partial charge < -0.3 is 10.6 Å². The number of rotatable bonds is 3. The van der Waals surface area contributed by atoms with Crippen LogP contribution < -0.4 is 10.6 Å². The van der Waals surface area contributed by atoms with Crippen LogP contribution in [-0.4, -0.2) is 11.6 Å². The second-order valence-corrected chi connectivity index (χ2v) is 17.5. The first-order chi connectivity index (χ1) is 26.0. The van der Waals surface area contributed by atoms with Crippen LogP contribution in [0.2, 0.25) is 0 Å². The van der Waals surface area contributed by atoms with Crippen LogP contribution in [0, 0.1) is 10.8 Å². The number of fused-ring (bicyclic) bond motifs is 8. The Labute approximate surface area is 317 Å². The molecule has 4 aliphatic rings. The smallest absolute Gasteiger partial charge is 0.162 e. The third-order valence-corrected chi connectivity index (χ3v) is 12.3. The number of carbonyl (C=O) groups is 2. The molecule has 0 amide bonds. The molecule has 2 aliphatic heterocycles. The molecule has 0 saturated carbocycles. The molecule has 2 aliphatic carbocycles. The molecule has 0 bridgehead atoms. The molecule has 10 rings (SSSR count). The number of carbonyl (C=O) groups excluding carboxylic acids is 2. The number of ketones is 2. The highest BCUT2D eigenvalue weighted by atomic mass is 16.1. The summed E-state index contributed by atoms with van der Waals surface area (Å²) in [5.74, 6) is 0.477. The van der Waals surface area contributed by atoms with Crippen molar-refractivity contribution in [1.82, 2.24) is 0 Å². The third kappa shape index (κ3) is 5.26. The van der Waals surface area contributed by atoms with Gasteiger partial charge in [-0.25, -0.2) is 0 Å². The largest absolute Gasteiger partial charge is 0.373 e. The number of Topliss-reactive ketones (excluding diaryl/α,β-unsaturated/α-hetero) is 2. The van der Waals surface area contributed by atoms with E-state index >= 15 is 0 Å². The number of hydrogen-bond acceptors (Lipinski definition) is 4. The summed E-state index contributed by atoms with van der Waals surface area (Å²) in [7, 11) is 0. The van der Waals surface area contributed by atoms with Gasteiger partial charge in [0.1, 0.15) is 0 Å². The number of hydrogen-bond donors (Lipinski definition) is 2. The topological polar surface area (TPSA) is 58.2 Å². The van der Waals surface area contributed by atoms with Gasteiger partial charge in [-0.05, 0) is 90.7 Å². The van der Waals surface area contributed by atoms with Crippen LogP contribution in [-0.2, 0) is 9.59 Å². The lowest BCUT2D eigenvalue weighted by Gasteiger charge is -2.40. The molecule has 2 atom stereocenters. The second kappa shape index (κ2) is 11.9. The van der Waals surface area contributed by atoms with E-state index in [2.05, 4.69) is 160 Å². The van der Waals surface area contributed by atoms with Crippen molar-refractivity contribution in [1.29, 1.82) is 0 Å². The third-order valence-electron chi connectivity index (χ3n) is 12.3. The maximum Gasteiger partial charge on any atom is 0.162 e. The van der Waals surface area contributed by atoms with Gasteiger partial charge in [0.15, 0.2) is 11.6 Å². The Morgan fingerprint density at radius 3 is 1.26 bits per heavy atom. The Kier molecular flexibility index (Phi) is 7.23. The van der Waals surface area contributed by atoms with E-state index in [1.807, 2.05) is 0 Å². The summed E-state index contributed by atoms with van der Waals surface area (Å²) >= 11 is 0. The summed E-state index contributed by atoms with van der Waals surface area (Å²) in [5, 5.41) is 12.4. The summed E-state index contributed by atoms with van der Waals surface area (Å²) in [4.78, 5) is 27.9. The number of nitrogens with one attached hydrogen (secondary N) is 2. The van der Waals surface area contributed by atoms with E-state index in [4.69, 9.17) is 0 Å². The maximum absolute atomic E-state index is 14.0. The molecule has 6 aromatic rings. The van der Waals surface area contributed by atoms with Gasteiger partial charge in [0.25, 0.3) is 0 Å². The quantitative estimate of drug-likeness (QED) is 0.193. The lowest BCUT2D eigenvalue weighted by molar-refractivity contribution is -0.118. The zero-order valence-electron chi connectivity index (χ0n) is 31.3. The minimum atomic E-state index is -0.202. The van der Waals surface area contributed by atoms with E-state index < -0.39 is 0 Å². The molecule has 266 valence electrons. The molecular weight excluding hydrogens is 661 g/mol. The van der Waals surface area contributed by atoms with Crippen LogP contribution >= 0.6 is 0 Å². The van der Waals surface area contributed by atoms with E-state index in [1.54, 1.807) is 0 Å². The van der Waals surface area contributed by atoms with E-state index in [0.29, 0.717) is 12.8 Å². The minimum Gasteiger partial charge on any atom is -0.373 e. The van der Waals surface area contributed by atoms with Gasteiger partial charge in [-0.15, -0.1) is 0 Å². The minimum absolute atomic E-state index is 0.0913. The summed E-state index contributed by atoms with van der Waals surface area (Å²) in [6.45, 7) is 8.85. The molecule has 4 heteroatoms. The Bertz CT molecular complexity index is 2450. The lowest BCUT2D eigenvalue weighted by Crippen LogP contribution is -2.33. The van der Waals surface area contributed by atoms with Crippen molar-refractivity contribution < 1.29 is 9.59 Å². The first-order valence-corrected chi connectivity index (χ1v) is 19.3. The number of anilines is 2. The molecule has 0 spiro atoms. The first kappa shape index (κ1) is 32.9. The van der Waals surface area contributed by atoms with Crippen LogP contribution in [0.5, 0.6) is 0 Å². The second-order valence-electron chi connectivity index (χ2n) is 17.5. The molecule has 2 heterocycles. The summed E-state index contributed by atoms with van der Waals surface area (Å²) in [6.07, 6.45) is 2.84. The molecular formula is C50H44N2O2. The molecule has 6 aromatic carbocycles. The lowest BCUT2D eigenvalue weighted by atomic mass is 9.67. The molecule has 54 heavy (non-hydrogen) atoms. The van der Waals surface area contributed by atoms with E-state index in [9.17, 15) is 9.59 Å². The molecule has 0 radical (unpaired) electrons. The van der Waals surface area contributed by atoms with Crippen LogP contribution in [0.4, 0.5) is 11.4 Å². The van der Waals surface area contributed by atoms with Gasteiger partial charge in [0, 0.05) is 46.5 Å². The summed E-state index contributed by atoms with van der Waals surface area (Å²) < 4.78 is 0. The standard InChI is InChI=1S/C50H44N2O2/c1-49(2)25-37-43-35-11-7-5-9-31(35)21-23-39(43)51-47(45(37)41(53)27-49)33-17-13-29(14-18-33)30-15-19-34(20-16-30)48-46-38(26-50(3,4)28-42(46)54)44-36-12-8-6-10-32(36)22-24-40(44)52-48/h5-24,47-48,51-52H,25-28H2,1-4H3/t47-,48-/m1/s1. The van der Waals surface area contributed by atoms with Crippen molar-refractivity contribution in [3.8, 4) is 11.1 Å². The fourth-order valence-electron chi connectivity index (χ4n) is 9.91. The van der Waals surface area contributed by atoms with Gasteiger partial charge in [-0.1, -0.05) is 137 Å². The fraction of sp³-hybridized carbons (Fsp3) is 0.240. The Balaban J connectivity index is 0.986. The number of allylic oxidation sites excluding steroid dienone is 2. The van der Waals surface area contributed by atoms with Crippen molar-refractivity contribution >= 4 is 55.6 Å². The van der Waals surface area contributed by atoms with Crippen molar-refractivity contribution in [3.05, 3.63) is 155 Å². The van der Waals surface area contributed by atoms with Crippen LogP contribution in [0.1, 0.15) is 87.7 Å². The Morgan fingerprint density at radius 2 is 0.852 bits per heavy atom. The summed E-state index contributed by atoms with van der Waals surface area (Å²) in [6, 6.07) is 42.7. The highest BCUT2D eigenvalue weighted by Gasteiger charge is 2.42. The zero-order valence-corrected chi connectivity index (χ0v) is 31.3. The van der Waals surface area contributed by atoms with E-state index in [1.165, 1.54) is 43.8 Å². The highest BCUT2D eigenvalue weighted by Crippen LogP contribution is 2.54. The van der Waals surface area contributed by atoms with Gasteiger partial charge >= 0.3 is 0 Å². The Hall–Kier alpha value is -5.74. The van der Waals surface area contributed by atoms with E-state index in [-0.39, 0.29) is 34.5 Å². The molecule has 0 fully saturated rings. The SMILES string of the molecule is CC1(C)CC(=O)C2=C(C1)c1c(ccc3ccccc13)N[C@@H]2c1ccc(-c2ccc([C@H]3Nc4ccc5ccccc5c4C4=C3C(=O)CC(C)(C)C4)cc2)cc1. The molecule has 2 N–H and O–H groups in total. The van der Waals surface area contributed by atoms with Gasteiger partial charge in [0.2, 0.25) is 0 Å². The monoisotopic (exact) mass is 704 g/mol. The van der Waals surface area contributed by atoms with Crippen LogP contribution in [0.15, 0.2) is 132 Å². The molecule has 0 saturated heterocycles. The van der Waals surface area contributed by atoms with Gasteiger partial charge in [0.05, 0.1) is 12.1 Å². The first-order valence-electron chi connectivity index (χ1n) is 19.3. The van der Waals surface area contributed by atoms with Crippen molar-refractivity contribution in [2.24, 2.45) is 10.8 Å². The molecule has 4 nitrogen and oxygen atoms in total. The van der Waals surface area contributed by atoms with Crippen molar-refractivity contribution in [2.75, 3.05) is 10.6 Å². The predicted octanol–water partition coefficient (Wildman–Crippen LogP) is 12.3. The Morgan fingerprint density at radius 1 is 0.463 bits per heavy atom. The van der Waals surface area contributed by atoms with Crippen molar-refractivity contribution in [3.63, 3.8) is 0 Å². The summed E-state index contributed by atoms with van der Waals surface area (Å²) in [5.41, 5.74) is 13.0. The predicted molar refractivity (Wildman–Crippen MR) is 222 cm³/mol. The van der Waals surface area contributed by atoms with E-state index in [0.717, 1.165) is 57.6 Å². The van der Waals surface area contributed by atoms with Gasteiger partial charge in [-0.3, -0.25) is 9.59 Å². The average Bonchev–Trinajstić information content (AvgIpc) is 3.16. The zero-order chi connectivity index (χ0) is 36.9. The molecule has 0 unspecified atom stereocenters. The highest BCUT2D eigenvalue weighted by molar-refractivity contribution is 6.14. The number of benzene rings is 6. The van der Waals surface area contributed by atoms with Crippen LogP contribution in [0.3, 0.4) is 0 Å². The van der Waals surface area contributed by atoms with Crippen LogP contribution in [0.25, 0.3) is 43.8 Å². The normalized spacial score (nSPS) is 21.2. The maximum atomic E-state index is 14.0. The average molecular weight is 705 g/mol. The fourth-order valence-corrected chi connectivity index (χ4v) is 9.91. The molecule has 0 aromatic heterocycles. The van der Waals surface area contributed by atoms with Gasteiger partial charge in [-0.2, -0.15) is 0 Å².